The quantitative estimate of drug-likeness (QED) is 0.602. The molecule has 3 fully saturated rings. The number of halogens is 3. The smallest absolute Gasteiger partial charge is 0.250 e. The number of nitrogens with one attached hydrogen (secondary N) is 1. The van der Waals surface area contributed by atoms with E-state index in [4.69, 9.17) is 34.8 Å². The van der Waals surface area contributed by atoms with E-state index in [-0.39, 0.29) is 28.6 Å². The summed E-state index contributed by atoms with van der Waals surface area (Å²) in [7, 11) is 0. The van der Waals surface area contributed by atoms with Crippen molar-refractivity contribution < 1.29 is 14.4 Å². The van der Waals surface area contributed by atoms with E-state index >= 15 is 0 Å². The Bertz CT molecular complexity index is 1250. The predicted molar refractivity (Wildman–Crippen MR) is 122 cm³/mol. The largest absolute Gasteiger partial charge is 0.323 e. The zero-order chi connectivity index (χ0) is 22.5. The SMILES string of the molecule is Cc1cc(Cl)c2c(c1)C1(C(=O)N2)C2C(=O)N(c3cc(Cl)ccc3Cl)C(=O)C2C2CCCN21. The van der Waals surface area contributed by atoms with Crippen molar-refractivity contribution in [2.45, 2.75) is 31.3 Å². The Morgan fingerprint density at radius 2 is 1.81 bits per heavy atom. The minimum Gasteiger partial charge on any atom is -0.323 e. The number of rotatable bonds is 1. The van der Waals surface area contributed by atoms with Crippen LogP contribution in [0.2, 0.25) is 15.1 Å². The van der Waals surface area contributed by atoms with Crippen LogP contribution < -0.4 is 10.2 Å². The van der Waals surface area contributed by atoms with E-state index in [1.165, 1.54) is 6.07 Å². The van der Waals surface area contributed by atoms with E-state index in [1.807, 2.05) is 13.0 Å². The zero-order valence-corrected chi connectivity index (χ0v) is 19.3. The monoisotopic (exact) mass is 489 g/mol. The van der Waals surface area contributed by atoms with Crippen molar-refractivity contribution in [2.24, 2.45) is 11.8 Å². The Balaban J connectivity index is 1.59. The molecule has 1 spiro atoms. The van der Waals surface area contributed by atoms with Crippen molar-refractivity contribution in [2.75, 3.05) is 16.8 Å². The molecule has 2 aromatic carbocycles. The van der Waals surface area contributed by atoms with Crippen molar-refractivity contribution >= 4 is 63.9 Å². The van der Waals surface area contributed by atoms with Gasteiger partial charge in [-0.3, -0.25) is 19.3 Å². The minimum absolute atomic E-state index is 0.213. The van der Waals surface area contributed by atoms with Crippen LogP contribution in [0.4, 0.5) is 11.4 Å². The maximum atomic E-state index is 13.9. The molecule has 0 aliphatic carbocycles. The van der Waals surface area contributed by atoms with E-state index in [9.17, 15) is 14.4 Å². The molecule has 3 saturated heterocycles. The molecule has 6 nitrogen and oxygen atoms in total. The van der Waals surface area contributed by atoms with E-state index in [0.717, 1.165) is 23.3 Å². The number of nitrogens with zero attached hydrogens (tertiary/aromatic N) is 2. The second kappa shape index (κ2) is 6.70. The Labute approximate surface area is 199 Å². The van der Waals surface area contributed by atoms with Gasteiger partial charge in [0.1, 0.15) is 5.54 Å². The molecule has 0 saturated carbocycles. The maximum Gasteiger partial charge on any atom is 0.250 e. The van der Waals surface area contributed by atoms with Crippen LogP contribution in [0.3, 0.4) is 0 Å². The van der Waals surface area contributed by atoms with Crippen LogP contribution in [0.25, 0.3) is 0 Å². The third-order valence-corrected chi connectivity index (χ3v) is 8.20. The molecule has 4 aliphatic rings. The number of aryl methyl sites for hydroxylation is 1. The van der Waals surface area contributed by atoms with E-state index < -0.39 is 23.3 Å². The molecule has 4 atom stereocenters. The van der Waals surface area contributed by atoms with Gasteiger partial charge in [-0.2, -0.15) is 0 Å². The first-order chi connectivity index (χ1) is 15.3. The summed E-state index contributed by atoms with van der Waals surface area (Å²) in [6.45, 7) is 2.53. The molecule has 0 bridgehead atoms. The number of fused-ring (bicyclic) bond motifs is 7. The van der Waals surface area contributed by atoms with E-state index in [2.05, 4.69) is 10.2 Å². The number of hydrogen-bond acceptors (Lipinski definition) is 4. The van der Waals surface area contributed by atoms with Crippen molar-refractivity contribution in [1.29, 1.82) is 0 Å². The molecule has 0 aromatic heterocycles. The highest BCUT2D eigenvalue weighted by molar-refractivity contribution is 6.38. The van der Waals surface area contributed by atoms with Crippen molar-refractivity contribution in [3.63, 3.8) is 0 Å². The van der Waals surface area contributed by atoms with Crippen LogP contribution in [0.15, 0.2) is 30.3 Å². The average Bonchev–Trinajstić information content (AvgIpc) is 3.43. The lowest BCUT2D eigenvalue weighted by Gasteiger charge is -2.36. The van der Waals surface area contributed by atoms with Crippen molar-refractivity contribution in [1.82, 2.24) is 4.90 Å². The molecule has 3 amide bonds. The summed E-state index contributed by atoms with van der Waals surface area (Å²) < 4.78 is 0. The fourth-order valence-corrected chi connectivity index (χ4v) is 6.98. The normalized spacial score (nSPS) is 30.8. The molecule has 6 rings (SSSR count). The number of hydrogen-bond donors (Lipinski definition) is 1. The maximum absolute atomic E-state index is 13.9. The van der Waals surface area contributed by atoms with Crippen molar-refractivity contribution in [3.8, 4) is 0 Å². The third-order valence-electron chi connectivity index (χ3n) is 7.35. The zero-order valence-electron chi connectivity index (χ0n) is 17.0. The number of imide groups is 1. The highest BCUT2D eigenvalue weighted by Gasteiger charge is 2.74. The van der Waals surface area contributed by atoms with Gasteiger partial charge in [-0.05, 0) is 56.1 Å². The number of anilines is 2. The van der Waals surface area contributed by atoms with Gasteiger partial charge in [0.15, 0.2) is 0 Å². The Morgan fingerprint density at radius 1 is 1.03 bits per heavy atom. The molecule has 9 heteroatoms. The lowest BCUT2D eigenvalue weighted by molar-refractivity contribution is -0.135. The standard InChI is InChI=1S/C23H18Cl3N3O3/c1-10-7-12-19(14(26)8-10)27-22(32)23(12)18-17(15-3-2-6-28(15)23)20(30)29(21(18)31)16-9-11(24)4-5-13(16)25/h4-5,7-9,15,17-18H,2-3,6H2,1H3,(H,27,32). The van der Waals surface area contributed by atoms with Gasteiger partial charge >= 0.3 is 0 Å². The lowest BCUT2D eigenvalue weighted by atomic mass is 9.75. The van der Waals surface area contributed by atoms with Crippen LogP contribution in [0.1, 0.15) is 24.0 Å². The first kappa shape index (κ1) is 20.5. The number of carbonyl (C=O) groups excluding carboxylic acids is 3. The average molecular weight is 491 g/mol. The van der Waals surface area contributed by atoms with Gasteiger partial charge in [0.2, 0.25) is 11.8 Å². The number of carbonyl (C=O) groups is 3. The second-order valence-electron chi connectivity index (χ2n) is 8.90. The Morgan fingerprint density at radius 3 is 2.59 bits per heavy atom. The molecule has 164 valence electrons. The summed E-state index contributed by atoms with van der Waals surface area (Å²) in [6.07, 6.45) is 1.58. The summed E-state index contributed by atoms with van der Waals surface area (Å²) in [5.74, 6) is -2.58. The molecule has 1 N–H and O–H groups in total. The minimum atomic E-state index is -1.27. The van der Waals surface area contributed by atoms with E-state index in [1.54, 1.807) is 18.2 Å². The number of benzene rings is 2. The molecule has 4 aliphatic heterocycles. The van der Waals surface area contributed by atoms with Gasteiger partial charge in [0, 0.05) is 16.6 Å². The third kappa shape index (κ3) is 2.34. The van der Waals surface area contributed by atoms with Crippen LogP contribution >= 0.6 is 34.8 Å². The van der Waals surface area contributed by atoms with Gasteiger partial charge in [-0.15, -0.1) is 0 Å². The second-order valence-corrected chi connectivity index (χ2v) is 10.2. The molecule has 2 aromatic rings. The van der Waals surface area contributed by atoms with Gasteiger partial charge in [-0.25, -0.2) is 4.90 Å². The van der Waals surface area contributed by atoms with Crippen LogP contribution in [0, 0.1) is 18.8 Å². The molecule has 32 heavy (non-hydrogen) atoms. The predicted octanol–water partition coefficient (Wildman–Crippen LogP) is 4.39. The highest BCUT2D eigenvalue weighted by atomic mass is 35.5. The first-order valence-corrected chi connectivity index (χ1v) is 11.6. The first-order valence-electron chi connectivity index (χ1n) is 10.5. The summed E-state index contributed by atoms with van der Waals surface area (Å²) in [5.41, 5.74) is 1.06. The summed E-state index contributed by atoms with van der Waals surface area (Å²) in [6, 6.07) is 8.16. The fourth-order valence-electron chi connectivity index (χ4n) is 6.29. The fraction of sp³-hybridized carbons (Fsp3) is 0.348. The van der Waals surface area contributed by atoms with Crippen LogP contribution in [0.5, 0.6) is 0 Å². The topological polar surface area (TPSA) is 69.7 Å². The molecular weight excluding hydrogens is 473 g/mol. The van der Waals surface area contributed by atoms with Crippen molar-refractivity contribution in [3.05, 3.63) is 56.5 Å². The molecule has 4 unspecified atom stereocenters. The highest BCUT2D eigenvalue weighted by Crippen LogP contribution is 2.61. The molecule has 4 heterocycles. The molecule has 0 radical (unpaired) electrons. The van der Waals surface area contributed by atoms with Gasteiger partial charge < -0.3 is 5.32 Å². The van der Waals surface area contributed by atoms with Crippen LogP contribution in [-0.4, -0.2) is 35.2 Å². The Hall–Kier alpha value is -2.12. The van der Waals surface area contributed by atoms with Gasteiger partial charge in [0.25, 0.3) is 5.91 Å². The summed E-state index contributed by atoms with van der Waals surface area (Å²) in [4.78, 5) is 44.5. The van der Waals surface area contributed by atoms with E-state index in [0.29, 0.717) is 27.8 Å². The van der Waals surface area contributed by atoms with Gasteiger partial charge in [-0.1, -0.05) is 40.9 Å². The Kier molecular flexibility index (Phi) is 4.29. The number of amides is 3. The lowest BCUT2D eigenvalue weighted by Crippen LogP contribution is -2.54. The van der Waals surface area contributed by atoms with Crippen LogP contribution in [-0.2, 0) is 19.9 Å². The summed E-state index contributed by atoms with van der Waals surface area (Å²) in [5, 5.41) is 3.97. The molecular formula is C23H18Cl3N3O3. The van der Waals surface area contributed by atoms with Gasteiger partial charge in [0.05, 0.1) is 33.3 Å². The summed E-state index contributed by atoms with van der Waals surface area (Å²) >= 11 is 19.0.